The Kier molecular flexibility index (Phi) is 6.81. The molecule has 10 nitrogen and oxygen atoms in total. The molecule has 0 aliphatic heterocycles. The van der Waals surface area contributed by atoms with Crippen LogP contribution in [-0.4, -0.2) is 40.2 Å². The molecular formula is C25H26N6O4. The first-order valence-corrected chi connectivity index (χ1v) is 10.8. The Balaban J connectivity index is 1.37. The van der Waals surface area contributed by atoms with Crippen molar-refractivity contribution in [3.8, 4) is 28.9 Å². The predicted octanol–water partition coefficient (Wildman–Crippen LogP) is 5.04. The predicted molar refractivity (Wildman–Crippen MR) is 132 cm³/mol. The number of methoxy groups -OCH3 is 2. The Morgan fingerprint density at radius 3 is 2.00 bits per heavy atom. The van der Waals surface area contributed by atoms with E-state index in [0.29, 0.717) is 40.3 Å². The van der Waals surface area contributed by atoms with Crippen LogP contribution in [0, 0.1) is 20.8 Å². The van der Waals surface area contributed by atoms with Crippen LogP contribution in [0.5, 0.6) is 23.1 Å². The second kappa shape index (κ2) is 10.1. The van der Waals surface area contributed by atoms with Gasteiger partial charge in [-0.3, -0.25) is 0 Å². The molecular weight excluding hydrogens is 448 g/mol. The highest BCUT2D eigenvalue weighted by Crippen LogP contribution is 2.26. The van der Waals surface area contributed by atoms with Gasteiger partial charge in [-0.2, -0.15) is 5.10 Å². The van der Waals surface area contributed by atoms with Crippen molar-refractivity contribution < 1.29 is 19.0 Å². The highest BCUT2D eigenvalue weighted by molar-refractivity contribution is 6.00. The Labute approximate surface area is 202 Å². The van der Waals surface area contributed by atoms with E-state index in [-0.39, 0.29) is 0 Å². The van der Waals surface area contributed by atoms with Gasteiger partial charge in [0.1, 0.15) is 17.2 Å². The molecule has 0 unspecified atom stereocenters. The van der Waals surface area contributed by atoms with Crippen LogP contribution in [0.25, 0.3) is 5.82 Å². The van der Waals surface area contributed by atoms with Gasteiger partial charge in [0.05, 0.1) is 19.9 Å². The molecule has 2 aromatic carbocycles. The SMILES string of the molecule is COc1cc(NC(=O)Nc2ccc(Oc3ccc(-n4nc(C)c(C)c4C)nn3)cc2)cc(OC)c1. The lowest BCUT2D eigenvalue weighted by Crippen LogP contribution is -2.19. The number of ether oxygens (including phenoxy) is 3. The van der Waals surface area contributed by atoms with Crippen LogP contribution in [0.2, 0.25) is 0 Å². The second-order valence-corrected chi connectivity index (χ2v) is 7.74. The van der Waals surface area contributed by atoms with Gasteiger partial charge in [-0.25, -0.2) is 9.48 Å². The minimum atomic E-state index is -0.408. The number of aromatic nitrogens is 4. The van der Waals surface area contributed by atoms with E-state index >= 15 is 0 Å². The van der Waals surface area contributed by atoms with Crippen LogP contribution < -0.4 is 24.8 Å². The smallest absolute Gasteiger partial charge is 0.323 e. The summed E-state index contributed by atoms with van der Waals surface area (Å²) in [5.74, 6) is 2.66. The Morgan fingerprint density at radius 2 is 1.46 bits per heavy atom. The van der Waals surface area contributed by atoms with Crippen molar-refractivity contribution >= 4 is 17.4 Å². The molecule has 0 fully saturated rings. The quantitative estimate of drug-likeness (QED) is 0.386. The molecule has 4 rings (SSSR count). The van der Waals surface area contributed by atoms with Crippen LogP contribution in [0.3, 0.4) is 0 Å². The average Bonchev–Trinajstić information content (AvgIpc) is 3.12. The maximum Gasteiger partial charge on any atom is 0.323 e. The summed E-state index contributed by atoms with van der Waals surface area (Å²) in [5, 5.41) is 18.4. The van der Waals surface area contributed by atoms with Crippen molar-refractivity contribution in [1.82, 2.24) is 20.0 Å². The Bertz CT molecular complexity index is 1310. The van der Waals surface area contributed by atoms with Gasteiger partial charge in [0, 0.05) is 41.3 Å². The van der Waals surface area contributed by atoms with Crippen molar-refractivity contribution in [2.24, 2.45) is 0 Å². The number of amides is 2. The number of rotatable bonds is 7. The topological polar surface area (TPSA) is 112 Å². The molecule has 4 aromatic rings. The maximum atomic E-state index is 12.4. The lowest BCUT2D eigenvalue weighted by atomic mass is 10.2. The number of nitrogens with zero attached hydrogens (tertiary/aromatic N) is 4. The Hall–Kier alpha value is -4.60. The van der Waals surface area contributed by atoms with Crippen molar-refractivity contribution in [1.29, 1.82) is 0 Å². The van der Waals surface area contributed by atoms with Gasteiger partial charge in [0.15, 0.2) is 5.82 Å². The highest BCUT2D eigenvalue weighted by Gasteiger charge is 2.11. The monoisotopic (exact) mass is 474 g/mol. The number of carbonyl (C=O) groups excluding carboxylic acids is 1. The summed E-state index contributed by atoms with van der Waals surface area (Å²) < 4.78 is 18.0. The third-order valence-electron chi connectivity index (χ3n) is 5.44. The van der Waals surface area contributed by atoms with Crippen LogP contribution in [0.1, 0.15) is 17.0 Å². The zero-order valence-corrected chi connectivity index (χ0v) is 20.1. The van der Waals surface area contributed by atoms with E-state index in [9.17, 15) is 4.79 Å². The van der Waals surface area contributed by atoms with Crippen molar-refractivity contribution in [3.63, 3.8) is 0 Å². The average molecular weight is 475 g/mol. The standard InChI is InChI=1S/C25H26N6O4/c1-15-16(2)30-31(17(15)3)23-10-11-24(29-28-23)35-20-8-6-18(7-9-20)26-25(32)27-19-12-21(33-4)14-22(13-19)34-5/h6-14H,1-5H3,(H2,26,27,32). The molecule has 35 heavy (non-hydrogen) atoms. The molecule has 2 N–H and O–H groups in total. The summed E-state index contributed by atoms with van der Waals surface area (Å²) in [6.07, 6.45) is 0. The van der Waals surface area contributed by atoms with Crippen LogP contribution in [0.4, 0.5) is 16.2 Å². The number of aryl methyl sites for hydroxylation is 1. The molecule has 2 heterocycles. The van der Waals surface area contributed by atoms with Crippen LogP contribution in [-0.2, 0) is 0 Å². The molecule has 0 bridgehead atoms. The summed E-state index contributed by atoms with van der Waals surface area (Å²) >= 11 is 0. The third-order valence-corrected chi connectivity index (χ3v) is 5.44. The van der Waals surface area contributed by atoms with E-state index in [1.165, 1.54) is 0 Å². The largest absolute Gasteiger partial charge is 0.497 e. The number of anilines is 2. The lowest BCUT2D eigenvalue weighted by molar-refractivity contribution is 0.262. The second-order valence-electron chi connectivity index (χ2n) is 7.74. The van der Waals surface area contributed by atoms with Gasteiger partial charge < -0.3 is 24.8 Å². The normalized spacial score (nSPS) is 10.5. The maximum absolute atomic E-state index is 12.4. The van der Waals surface area contributed by atoms with Crippen LogP contribution in [0.15, 0.2) is 54.6 Å². The van der Waals surface area contributed by atoms with E-state index in [2.05, 4.69) is 25.9 Å². The van der Waals surface area contributed by atoms with Crippen molar-refractivity contribution in [2.45, 2.75) is 20.8 Å². The molecule has 0 aliphatic rings. The Morgan fingerprint density at radius 1 is 0.800 bits per heavy atom. The zero-order valence-electron chi connectivity index (χ0n) is 20.1. The fraction of sp³-hybridized carbons (Fsp3) is 0.200. The molecule has 10 heteroatoms. The van der Waals surface area contributed by atoms with Crippen molar-refractivity contribution in [3.05, 3.63) is 71.5 Å². The minimum absolute atomic E-state index is 0.345. The summed E-state index contributed by atoms with van der Waals surface area (Å²) in [7, 11) is 3.09. The zero-order chi connectivity index (χ0) is 24.9. The summed E-state index contributed by atoms with van der Waals surface area (Å²) in [6.45, 7) is 5.98. The molecule has 2 aromatic heterocycles. The number of hydrogen-bond donors (Lipinski definition) is 2. The molecule has 180 valence electrons. The molecule has 0 saturated carbocycles. The first kappa shape index (κ1) is 23.6. The molecule has 0 aliphatic carbocycles. The number of benzene rings is 2. The fourth-order valence-corrected chi connectivity index (χ4v) is 3.32. The number of urea groups is 1. The lowest BCUT2D eigenvalue weighted by Gasteiger charge is -2.11. The van der Waals surface area contributed by atoms with Crippen LogP contribution >= 0.6 is 0 Å². The van der Waals surface area contributed by atoms with E-state index in [4.69, 9.17) is 14.2 Å². The van der Waals surface area contributed by atoms with E-state index in [0.717, 1.165) is 17.0 Å². The number of hydrogen-bond acceptors (Lipinski definition) is 7. The summed E-state index contributed by atoms with van der Waals surface area (Å²) in [5.41, 5.74) is 4.22. The molecule has 2 amide bonds. The molecule has 0 radical (unpaired) electrons. The summed E-state index contributed by atoms with van der Waals surface area (Å²) in [4.78, 5) is 12.4. The summed E-state index contributed by atoms with van der Waals surface area (Å²) in [6, 6.07) is 15.1. The van der Waals surface area contributed by atoms with Gasteiger partial charge in [0.2, 0.25) is 5.88 Å². The number of nitrogens with one attached hydrogen (secondary N) is 2. The van der Waals surface area contributed by atoms with Gasteiger partial charge in [0.25, 0.3) is 0 Å². The van der Waals surface area contributed by atoms with E-state index in [1.54, 1.807) is 73.5 Å². The van der Waals surface area contributed by atoms with E-state index < -0.39 is 6.03 Å². The first-order chi connectivity index (χ1) is 16.9. The molecule has 0 spiro atoms. The van der Waals surface area contributed by atoms with Gasteiger partial charge >= 0.3 is 6.03 Å². The van der Waals surface area contributed by atoms with E-state index in [1.807, 2.05) is 20.8 Å². The first-order valence-electron chi connectivity index (χ1n) is 10.8. The van der Waals surface area contributed by atoms with Gasteiger partial charge in [-0.1, -0.05) is 0 Å². The molecule has 0 atom stereocenters. The van der Waals surface area contributed by atoms with Gasteiger partial charge in [-0.05, 0) is 56.7 Å². The third kappa shape index (κ3) is 5.49. The fourth-order valence-electron chi connectivity index (χ4n) is 3.32. The highest BCUT2D eigenvalue weighted by atomic mass is 16.5. The van der Waals surface area contributed by atoms with Gasteiger partial charge in [-0.15, -0.1) is 10.2 Å². The number of carbonyl (C=O) groups is 1. The minimum Gasteiger partial charge on any atom is -0.497 e. The molecule has 0 saturated heterocycles. The van der Waals surface area contributed by atoms with Crippen molar-refractivity contribution in [2.75, 3.05) is 24.9 Å².